The molecule has 0 radical (unpaired) electrons. The zero-order valence-corrected chi connectivity index (χ0v) is 9.73. The summed E-state index contributed by atoms with van der Waals surface area (Å²) in [4.78, 5) is 14.8. The topological polar surface area (TPSA) is 68.7 Å². The van der Waals surface area contributed by atoms with Crippen molar-refractivity contribution in [2.45, 2.75) is 0 Å². The molecule has 0 fully saturated rings. The summed E-state index contributed by atoms with van der Waals surface area (Å²) < 4.78 is 10.5. The number of carboxylic acids is 1. The van der Waals surface area contributed by atoms with Gasteiger partial charge in [0.2, 0.25) is 0 Å². The molecule has 1 aromatic heterocycles. The molecule has 0 amide bonds. The molecular weight excluding hydrogens is 242 g/mol. The number of methoxy groups -OCH3 is 1. The summed E-state index contributed by atoms with van der Waals surface area (Å²) in [6.45, 7) is 0. The first-order valence-corrected chi connectivity index (χ1v) is 5.57. The van der Waals surface area contributed by atoms with E-state index in [2.05, 4.69) is 4.98 Å². The molecule has 0 aliphatic carbocycles. The fourth-order valence-electron chi connectivity index (χ4n) is 1.24. The second kappa shape index (κ2) is 4.84. The number of benzene rings is 1. The molecule has 0 aliphatic heterocycles. The number of ether oxygens (including phenoxy) is 2. The van der Waals surface area contributed by atoms with Crippen molar-refractivity contribution in [3.05, 3.63) is 35.3 Å². The maximum Gasteiger partial charge on any atom is 0.335 e. The molecule has 88 valence electrons. The van der Waals surface area contributed by atoms with Crippen LogP contribution in [0.2, 0.25) is 0 Å². The van der Waals surface area contributed by atoms with Crippen LogP contribution in [0.15, 0.2) is 29.8 Å². The third kappa shape index (κ3) is 2.54. The molecular formula is C11H9NO4S. The number of rotatable bonds is 4. The van der Waals surface area contributed by atoms with Crippen LogP contribution >= 0.6 is 11.3 Å². The molecule has 0 spiro atoms. The minimum absolute atomic E-state index is 0.147. The van der Waals surface area contributed by atoms with E-state index in [0.717, 1.165) is 0 Å². The zero-order valence-electron chi connectivity index (χ0n) is 8.91. The van der Waals surface area contributed by atoms with Crippen molar-refractivity contribution < 1.29 is 19.4 Å². The zero-order chi connectivity index (χ0) is 12.3. The van der Waals surface area contributed by atoms with E-state index in [-0.39, 0.29) is 5.56 Å². The number of hydrogen-bond acceptors (Lipinski definition) is 5. The lowest BCUT2D eigenvalue weighted by atomic mass is 10.2. The highest BCUT2D eigenvalue weighted by molar-refractivity contribution is 7.11. The Morgan fingerprint density at radius 1 is 1.41 bits per heavy atom. The SMILES string of the molecule is COc1cc(C(=O)O)ccc1Oc1nccs1. The second-order valence-corrected chi connectivity index (χ2v) is 3.93. The van der Waals surface area contributed by atoms with E-state index < -0.39 is 5.97 Å². The molecule has 0 unspecified atom stereocenters. The average molecular weight is 251 g/mol. The molecule has 1 aromatic carbocycles. The molecule has 17 heavy (non-hydrogen) atoms. The van der Waals surface area contributed by atoms with Crippen molar-refractivity contribution in [1.82, 2.24) is 4.98 Å². The highest BCUT2D eigenvalue weighted by atomic mass is 32.1. The van der Waals surface area contributed by atoms with Crippen LogP contribution in [-0.2, 0) is 0 Å². The molecule has 1 N–H and O–H groups in total. The summed E-state index contributed by atoms with van der Waals surface area (Å²) in [6, 6.07) is 4.41. The van der Waals surface area contributed by atoms with Crippen molar-refractivity contribution >= 4 is 17.3 Å². The predicted molar refractivity (Wildman–Crippen MR) is 62.1 cm³/mol. The first-order chi connectivity index (χ1) is 8.20. The Morgan fingerprint density at radius 2 is 2.24 bits per heavy atom. The second-order valence-electron chi connectivity index (χ2n) is 3.07. The van der Waals surface area contributed by atoms with Gasteiger partial charge in [-0.05, 0) is 18.2 Å². The monoisotopic (exact) mass is 251 g/mol. The van der Waals surface area contributed by atoms with Crippen LogP contribution in [0.3, 0.4) is 0 Å². The average Bonchev–Trinajstić information content (AvgIpc) is 2.82. The molecule has 1 heterocycles. The fourth-order valence-corrected chi connectivity index (χ4v) is 1.74. The van der Waals surface area contributed by atoms with Crippen LogP contribution in [0, 0.1) is 0 Å². The highest BCUT2D eigenvalue weighted by Crippen LogP contribution is 2.32. The van der Waals surface area contributed by atoms with Gasteiger partial charge in [0, 0.05) is 11.6 Å². The van der Waals surface area contributed by atoms with Crippen LogP contribution < -0.4 is 9.47 Å². The lowest BCUT2D eigenvalue weighted by Gasteiger charge is -2.08. The Bertz CT molecular complexity index is 524. The van der Waals surface area contributed by atoms with Crippen molar-refractivity contribution in [2.75, 3.05) is 7.11 Å². The Kier molecular flexibility index (Phi) is 3.24. The summed E-state index contributed by atoms with van der Waals surface area (Å²) in [5.74, 6) is -0.211. The largest absolute Gasteiger partial charge is 0.493 e. The van der Waals surface area contributed by atoms with Gasteiger partial charge in [0.15, 0.2) is 11.5 Å². The Labute approximate surface area is 101 Å². The van der Waals surface area contributed by atoms with Gasteiger partial charge in [-0.2, -0.15) is 0 Å². The summed E-state index contributed by atoms with van der Waals surface area (Å²) in [5.41, 5.74) is 0.147. The van der Waals surface area contributed by atoms with Gasteiger partial charge in [-0.3, -0.25) is 0 Å². The van der Waals surface area contributed by atoms with Crippen LogP contribution in [0.25, 0.3) is 0 Å². The molecule has 0 saturated heterocycles. The number of hydrogen-bond donors (Lipinski definition) is 1. The summed E-state index contributed by atoms with van der Waals surface area (Å²) in [7, 11) is 1.45. The summed E-state index contributed by atoms with van der Waals surface area (Å²) in [5, 5.41) is 11.1. The Hall–Kier alpha value is -2.08. The van der Waals surface area contributed by atoms with E-state index in [1.165, 1.54) is 30.6 Å². The first kappa shape index (κ1) is 11.4. The summed E-state index contributed by atoms with van der Waals surface area (Å²) in [6.07, 6.45) is 1.62. The molecule has 6 heteroatoms. The smallest absolute Gasteiger partial charge is 0.335 e. The number of carbonyl (C=O) groups is 1. The number of carboxylic acid groups (broad SMARTS) is 1. The summed E-state index contributed by atoms with van der Waals surface area (Å²) >= 11 is 1.34. The van der Waals surface area contributed by atoms with Crippen molar-refractivity contribution in [2.24, 2.45) is 0 Å². The van der Waals surface area contributed by atoms with E-state index in [0.29, 0.717) is 16.7 Å². The molecule has 2 rings (SSSR count). The predicted octanol–water partition coefficient (Wildman–Crippen LogP) is 2.64. The van der Waals surface area contributed by atoms with Crippen LogP contribution in [0.4, 0.5) is 0 Å². The third-order valence-corrected chi connectivity index (χ3v) is 2.67. The van der Waals surface area contributed by atoms with E-state index in [1.54, 1.807) is 17.6 Å². The Balaban J connectivity index is 2.31. The van der Waals surface area contributed by atoms with Gasteiger partial charge < -0.3 is 14.6 Å². The normalized spacial score (nSPS) is 9.94. The highest BCUT2D eigenvalue weighted by Gasteiger charge is 2.11. The minimum Gasteiger partial charge on any atom is -0.493 e. The molecule has 0 aliphatic rings. The van der Waals surface area contributed by atoms with Gasteiger partial charge in [-0.25, -0.2) is 9.78 Å². The maximum absolute atomic E-state index is 10.8. The fraction of sp³-hybridized carbons (Fsp3) is 0.0909. The lowest BCUT2D eigenvalue weighted by molar-refractivity contribution is 0.0696. The number of aromatic carboxylic acids is 1. The Morgan fingerprint density at radius 3 is 2.82 bits per heavy atom. The van der Waals surface area contributed by atoms with Gasteiger partial charge in [0.1, 0.15) is 0 Å². The number of thiazole rings is 1. The minimum atomic E-state index is -1.01. The van der Waals surface area contributed by atoms with Gasteiger partial charge in [0.25, 0.3) is 5.19 Å². The van der Waals surface area contributed by atoms with Gasteiger partial charge in [0.05, 0.1) is 12.7 Å². The van der Waals surface area contributed by atoms with Crippen LogP contribution in [0.5, 0.6) is 16.7 Å². The van der Waals surface area contributed by atoms with Gasteiger partial charge in [-0.1, -0.05) is 11.3 Å². The van der Waals surface area contributed by atoms with Crippen LogP contribution in [0.1, 0.15) is 10.4 Å². The van der Waals surface area contributed by atoms with E-state index in [9.17, 15) is 4.79 Å². The third-order valence-electron chi connectivity index (χ3n) is 2.02. The quantitative estimate of drug-likeness (QED) is 0.904. The molecule has 0 saturated carbocycles. The maximum atomic E-state index is 10.8. The van der Waals surface area contributed by atoms with Crippen molar-refractivity contribution in [3.8, 4) is 16.7 Å². The van der Waals surface area contributed by atoms with Gasteiger partial charge in [-0.15, -0.1) is 0 Å². The molecule has 0 atom stereocenters. The molecule has 2 aromatic rings. The number of nitrogens with zero attached hydrogens (tertiary/aromatic N) is 1. The van der Waals surface area contributed by atoms with E-state index in [1.807, 2.05) is 0 Å². The van der Waals surface area contributed by atoms with E-state index in [4.69, 9.17) is 14.6 Å². The standard InChI is InChI=1S/C11H9NO4S/c1-15-9-6-7(10(13)14)2-3-8(9)16-11-12-4-5-17-11/h2-6H,1H3,(H,13,14). The molecule has 0 bridgehead atoms. The molecule has 5 nitrogen and oxygen atoms in total. The van der Waals surface area contributed by atoms with Crippen molar-refractivity contribution in [1.29, 1.82) is 0 Å². The van der Waals surface area contributed by atoms with Gasteiger partial charge >= 0.3 is 5.97 Å². The number of aromatic nitrogens is 1. The first-order valence-electron chi connectivity index (χ1n) is 4.69. The van der Waals surface area contributed by atoms with Crippen LogP contribution in [-0.4, -0.2) is 23.2 Å². The van der Waals surface area contributed by atoms with E-state index >= 15 is 0 Å². The lowest BCUT2D eigenvalue weighted by Crippen LogP contribution is -1.98. The van der Waals surface area contributed by atoms with Crippen molar-refractivity contribution in [3.63, 3.8) is 0 Å².